The van der Waals surface area contributed by atoms with Gasteiger partial charge in [0.2, 0.25) is 0 Å². The highest BCUT2D eigenvalue weighted by Crippen LogP contribution is 2.26. The highest BCUT2D eigenvalue weighted by molar-refractivity contribution is 7.92. The van der Waals surface area contributed by atoms with Gasteiger partial charge < -0.3 is 9.47 Å². The van der Waals surface area contributed by atoms with Gasteiger partial charge in [-0.3, -0.25) is 9.52 Å². The predicted octanol–water partition coefficient (Wildman–Crippen LogP) is 3.78. The van der Waals surface area contributed by atoms with E-state index in [0.717, 1.165) is 24.0 Å². The van der Waals surface area contributed by atoms with Crippen LogP contribution >= 0.6 is 0 Å². The maximum atomic E-state index is 13.2. The van der Waals surface area contributed by atoms with Gasteiger partial charge >= 0.3 is 0 Å². The Kier molecular flexibility index (Phi) is 5.82. The molecule has 0 bridgehead atoms. The third kappa shape index (κ3) is 4.49. The minimum Gasteiger partial charge on any atom is -0.338 e. The lowest BCUT2D eigenvalue weighted by molar-refractivity contribution is 0.0693. The number of hydrogen-bond acceptors (Lipinski definition) is 4. The maximum Gasteiger partial charge on any atom is 0.261 e. The molecule has 0 unspecified atom stereocenters. The second kappa shape index (κ2) is 8.55. The Morgan fingerprint density at radius 2 is 1.81 bits per heavy atom. The molecule has 0 spiro atoms. The molecule has 0 saturated carbocycles. The van der Waals surface area contributed by atoms with Gasteiger partial charge in [0.1, 0.15) is 0 Å². The van der Waals surface area contributed by atoms with Gasteiger partial charge in [0, 0.05) is 37.1 Å². The molecule has 2 heterocycles. The van der Waals surface area contributed by atoms with Gasteiger partial charge in [-0.2, -0.15) is 0 Å². The Labute approximate surface area is 182 Å². The monoisotopic (exact) mass is 438 g/mol. The first kappa shape index (κ1) is 21.1. The molecule has 8 heteroatoms. The van der Waals surface area contributed by atoms with Gasteiger partial charge in [0.15, 0.2) is 0 Å². The number of imidazole rings is 1. The number of carbonyl (C=O) groups is 1. The van der Waals surface area contributed by atoms with Crippen molar-refractivity contribution < 1.29 is 13.2 Å². The number of piperidine rings is 1. The normalized spacial score (nSPS) is 15.1. The van der Waals surface area contributed by atoms with Crippen LogP contribution < -0.4 is 4.72 Å². The Morgan fingerprint density at radius 1 is 1.06 bits per heavy atom. The molecule has 1 aromatic heterocycles. The van der Waals surface area contributed by atoms with Crippen molar-refractivity contribution in [2.45, 2.75) is 37.6 Å². The van der Waals surface area contributed by atoms with Gasteiger partial charge in [0.05, 0.1) is 16.9 Å². The number of amides is 1. The van der Waals surface area contributed by atoms with E-state index in [2.05, 4.69) is 14.3 Å². The fourth-order valence-corrected chi connectivity index (χ4v) is 5.07. The van der Waals surface area contributed by atoms with Crippen molar-refractivity contribution in [3.8, 4) is 0 Å². The third-order valence-electron chi connectivity index (χ3n) is 5.84. The third-order valence-corrected chi connectivity index (χ3v) is 7.20. The van der Waals surface area contributed by atoms with E-state index in [9.17, 15) is 13.2 Å². The van der Waals surface area contributed by atoms with Crippen molar-refractivity contribution in [1.29, 1.82) is 0 Å². The number of hydrogen-bond donors (Lipinski definition) is 1. The number of aromatic nitrogens is 2. The molecule has 0 aliphatic carbocycles. The molecule has 0 radical (unpaired) electrons. The van der Waals surface area contributed by atoms with E-state index in [1.807, 2.05) is 38.5 Å². The largest absolute Gasteiger partial charge is 0.338 e. The summed E-state index contributed by atoms with van der Waals surface area (Å²) in [5.41, 5.74) is 2.54. The summed E-state index contributed by atoms with van der Waals surface area (Å²) >= 11 is 0. The van der Waals surface area contributed by atoms with E-state index in [1.165, 1.54) is 12.1 Å². The first-order valence-corrected chi connectivity index (χ1v) is 11.8. The molecule has 7 nitrogen and oxygen atoms in total. The van der Waals surface area contributed by atoms with E-state index in [0.29, 0.717) is 30.4 Å². The first-order valence-electron chi connectivity index (χ1n) is 10.3. The molecule has 3 aromatic rings. The van der Waals surface area contributed by atoms with Crippen molar-refractivity contribution in [3.63, 3.8) is 0 Å². The lowest BCUT2D eigenvalue weighted by Gasteiger charge is -2.33. The number of nitrogens with one attached hydrogen (secondary N) is 1. The molecule has 0 atom stereocenters. The van der Waals surface area contributed by atoms with E-state index < -0.39 is 10.0 Å². The van der Waals surface area contributed by atoms with Crippen molar-refractivity contribution in [2.75, 3.05) is 17.8 Å². The molecule has 4 rings (SSSR count). The van der Waals surface area contributed by atoms with E-state index in [4.69, 9.17) is 0 Å². The molecule has 31 heavy (non-hydrogen) atoms. The number of rotatable bonds is 5. The average Bonchev–Trinajstić information content (AvgIpc) is 3.30. The van der Waals surface area contributed by atoms with Crippen LogP contribution in [0.4, 0.5) is 5.69 Å². The molecule has 1 amide bonds. The van der Waals surface area contributed by atoms with Gasteiger partial charge in [0.25, 0.3) is 15.9 Å². The Bertz CT molecular complexity index is 1180. The zero-order valence-corrected chi connectivity index (χ0v) is 18.5. The van der Waals surface area contributed by atoms with Gasteiger partial charge in [-0.05, 0) is 56.0 Å². The molecule has 1 aliphatic rings. The molecular formula is C23H26N4O3S. The Balaban J connectivity index is 1.52. The summed E-state index contributed by atoms with van der Waals surface area (Å²) in [5, 5.41) is 0. The summed E-state index contributed by atoms with van der Waals surface area (Å²) in [6.07, 6.45) is 7.20. The number of carbonyl (C=O) groups excluding carboxylic acids is 1. The lowest BCUT2D eigenvalue weighted by atomic mass is 10.0. The van der Waals surface area contributed by atoms with Crippen molar-refractivity contribution >= 4 is 21.6 Å². The molecule has 162 valence electrons. The summed E-state index contributed by atoms with van der Waals surface area (Å²) < 4.78 is 30.6. The highest BCUT2D eigenvalue weighted by Gasteiger charge is 2.26. The molecule has 1 aliphatic heterocycles. The van der Waals surface area contributed by atoms with Crippen LogP contribution in [0.3, 0.4) is 0 Å². The minimum absolute atomic E-state index is 0.0815. The molecule has 2 aromatic carbocycles. The lowest BCUT2D eigenvalue weighted by Crippen LogP contribution is -2.39. The van der Waals surface area contributed by atoms with Crippen LogP contribution in [0, 0.1) is 13.8 Å². The fourth-order valence-electron chi connectivity index (χ4n) is 3.91. The Hall–Kier alpha value is -3.13. The standard InChI is InChI=1S/C23H26N4O3S/c1-17-7-8-20(31(29,30)25-22-6-4-3-5-18(22)2)15-21(17)23(28)26-12-9-19(10-13-26)27-14-11-24-16-27/h3-8,11,14-16,19,25H,9-10,12-13H2,1-2H3. The number of anilines is 1. The molecule has 1 fully saturated rings. The number of nitrogens with zero attached hydrogens (tertiary/aromatic N) is 3. The second-order valence-electron chi connectivity index (χ2n) is 7.93. The number of benzene rings is 2. The number of aryl methyl sites for hydroxylation is 2. The summed E-state index contributed by atoms with van der Waals surface area (Å²) in [4.78, 5) is 19.2. The molecule has 1 saturated heterocycles. The van der Waals surface area contributed by atoms with E-state index in [1.54, 1.807) is 29.3 Å². The van der Waals surface area contributed by atoms with Gasteiger partial charge in [-0.1, -0.05) is 24.3 Å². The minimum atomic E-state index is -3.81. The molecular weight excluding hydrogens is 412 g/mol. The summed E-state index contributed by atoms with van der Waals surface area (Å²) in [5.74, 6) is -0.130. The predicted molar refractivity (Wildman–Crippen MR) is 120 cm³/mol. The van der Waals surface area contributed by atoms with E-state index in [-0.39, 0.29) is 10.8 Å². The van der Waals surface area contributed by atoms with Crippen LogP contribution in [0.1, 0.15) is 40.4 Å². The average molecular weight is 439 g/mol. The topological polar surface area (TPSA) is 84.3 Å². The van der Waals surface area contributed by atoms with Crippen LogP contribution in [0.15, 0.2) is 66.1 Å². The second-order valence-corrected chi connectivity index (χ2v) is 9.61. The zero-order chi connectivity index (χ0) is 22.0. The first-order chi connectivity index (χ1) is 14.8. The van der Waals surface area contributed by atoms with Crippen molar-refractivity contribution in [3.05, 3.63) is 77.9 Å². The van der Waals surface area contributed by atoms with Crippen LogP contribution in [-0.4, -0.2) is 41.9 Å². The van der Waals surface area contributed by atoms with Crippen LogP contribution in [0.2, 0.25) is 0 Å². The summed E-state index contributed by atoms with van der Waals surface area (Å²) in [6, 6.07) is 12.2. The van der Waals surface area contributed by atoms with Crippen molar-refractivity contribution in [1.82, 2.24) is 14.5 Å². The molecule has 1 N–H and O–H groups in total. The SMILES string of the molecule is Cc1ccccc1NS(=O)(=O)c1ccc(C)c(C(=O)N2CCC(n3ccnc3)CC2)c1. The van der Waals surface area contributed by atoms with E-state index >= 15 is 0 Å². The maximum absolute atomic E-state index is 13.2. The zero-order valence-electron chi connectivity index (χ0n) is 17.7. The number of para-hydroxylation sites is 1. The fraction of sp³-hybridized carbons (Fsp3) is 0.304. The number of sulfonamides is 1. The van der Waals surface area contributed by atoms with Gasteiger partial charge in [-0.15, -0.1) is 0 Å². The van der Waals surface area contributed by atoms with Crippen LogP contribution in [-0.2, 0) is 10.0 Å². The quantitative estimate of drug-likeness (QED) is 0.657. The van der Waals surface area contributed by atoms with Crippen molar-refractivity contribution in [2.24, 2.45) is 0 Å². The Morgan fingerprint density at radius 3 is 2.48 bits per heavy atom. The number of likely N-dealkylation sites (tertiary alicyclic amines) is 1. The summed E-state index contributed by atoms with van der Waals surface area (Å²) in [7, 11) is -3.81. The van der Waals surface area contributed by atoms with Crippen LogP contribution in [0.5, 0.6) is 0 Å². The highest BCUT2D eigenvalue weighted by atomic mass is 32.2. The smallest absolute Gasteiger partial charge is 0.261 e. The van der Waals surface area contributed by atoms with Crippen LogP contribution in [0.25, 0.3) is 0 Å². The summed E-state index contributed by atoms with van der Waals surface area (Å²) in [6.45, 7) is 4.92. The van der Waals surface area contributed by atoms with Gasteiger partial charge in [-0.25, -0.2) is 13.4 Å².